The van der Waals surface area contributed by atoms with Gasteiger partial charge in [-0.2, -0.15) is 0 Å². The van der Waals surface area contributed by atoms with E-state index < -0.39 is 0 Å². The Morgan fingerprint density at radius 2 is 1.58 bits per heavy atom. The topological polar surface area (TPSA) is 52.1 Å². The van der Waals surface area contributed by atoms with Crippen LogP contribution in [-0.2, 0) is 19.6 Å². The van der Waals surface area contributed by atoms with E-state index in [0.717, 1.165) is 23.3 Å². The van der Waals surface area contributed by atoms with E-state index in [1.54, 1.807) is 6.07 Å². The fraction of sp³-hybridized carbons (Fsp3) is 0.136. The second kappa shape index (κ2) is 7.42. The van der Waals surface area contributed by atoms with Crippen LogP contribution >= 0.6 is 0 Å². The number of rotatable bonds is 6. The van der Waals surface area contributed by atoms with Gasteiger partial charge in [0.15, 0.2) is 0 Å². The monoisotopic (exact) mass is 343 g/mol. The van der Waals surface area contributed by atoms with Crippen LogP contribution in [0.25, 0.3) is 10.9 Å². The van der Waals surface area contributed by atoms with Crippen LogP contribution < -0.4 is 0 Å². The standard InChI is InChI=1S/C22H21N3O/c26-22-11-4-1-7-17(22)14-25(16-19-8-5-6-12-23-19)15-18-13-24-21-10-3-2-9-20(18)21/h1-13,24,26H,14-16H2. The lowest BCUT2D eigenvalue weighted by atomic mass is 10.1. The number of pyridine rings is 1. The van der Waals surface area contributed by atoms with Crippen molar-refractivity contribution >= 4 is 10.9 Å². The zero-order valence-corrected chi connectivity index (χ0v) is 14.5. The van der Waals surface area contributed by atoms with E-state index in [1.165, 1.54) is 10.9 Å². The van der Waals surface area contributed by atoms with Gasteiger partial charge in [-0.25, -0.2) is 0 Å². The number of H-pyrrole nitrogens is 1. The highest BCUT2D eigenvalue weighted by atomic mass is 16.3. The highest BCUT2D eigenvalue weighted by molar-refractivity contribution is 5.82. The molecule has 2 heterocycles. The molecule has 0 fully saturated rings. The molecule has 0 amide bonds. The quantitative estimate of drug-likeness (QED) is 0.543. The first-order valence-corrected chi connectivity index (χ1v) is 8.74. The van der Waals surface area contributed by atoms with Crippen molar-refractivity contribution in [1.82, 2.24) is 14.9 Å². The van der Waals surface area contributed by atoms with Gasteiger partial charge in [-0.15, -0.1) is 0 Å². The Labute approximate surface area is 152 Å². The molecule has 0 spiro atoms. The average Bonchev–Trinajstić information content (AvgIpc) is 3.07. The minimum atomic E-state index is 0.331. The molecule has 4 heteroatoms. The number of benzene rings is 2. The van der Waals surface area contributed by atoms with Crippen molar-refractivity contribution in [3.63, 3.8) is 0 Å². The highest BCUT2D eigenvalue weighted by Gasteiger charge is 2.13. The van der Waals surface area contributed by atoms with Crippen molar-refractivity contribution in [3.8, 4) is 5.75 Å². The Balaban J connectivity index is 1.62. The van der Waals surface area contributed by atoms with E-state index >= 15 is 0 Å². The Morgan fingerprint density at radius 3 is 2.42 bits per heavy atom. The minimum absolute atomic E-state index is 0.331. The summed E-state index contributed by atoms with van der Waals surface area (Å²) < 4.78 is 0. The molecule has 4 rings (SSSR count). The molecule has 2 N–H and O–H groups in total. The summed E-state index contributed by atoms with van der Waals surface area (Å²) in [5.41, 5.74) is 4.32. The Bertz CT molecular complexity index is 994. The third kappa shape index (κ3) is 3.60. The van der Waals surface area contributed by atoms with Crippen LogP contribution in [0.5, 0.6) is 5.75 Å². The first kappa shape index (κ1) is 16.4. The molecule has 0 bridgehead atoms. The minimum Gasteiger partial charge on any atom is -0.508 e. The molecule has 0 saturated heterocycles. The smallest absolute Gasteiger partial charge is 0.120 e. The van der Waals surface area contributed by atoms with Crippen LogP contribution in [0, 0.1) is 0 Å². The molecule has 0 radical (unpaired) electrons. The number of para-hydroxylation sites is 2. The lowest BCUT2D eigenvalue weighted by molar-refractivity contribution is 0.242. The summed E-state index contributed by atoms with van der Waals surface area (Å²) in [6, 6.07) is 21.8. The summed E-state index contributed by atoms with van der Waals surface area (Å²) in [4.78, 5) is 10.1. The van der Waals surface area contributed by atoms with Crippen LogP contribution in [0.3, 0.4) is 0 Å². The number of aromatic hydroxyl groups is 1. The normalized spacial score (nSPS) is 11.3. The van der Waals surface area contributed by atoms with Gasteiger partial charge >= 0.3 is 0 Å². The predicted octanol–water partition coefficient (Wildman–Crippen LogP) is 4.47. The van der Waals surface area contributed by atoms with Crippen LogP contribution in [0.1, 0.15) is 16.8 Å². The maximum Gasteiger partial charge on any atom is 0.120 e. The second-order valence-corrected chi connectivity index (χ2v) is 6.45. The molecule has 0 unspecified atom stereocenters. The maximum absolute atomic E-state index is 10.2. The Hall–Kier alpha value is -3.11. The molecule has 2 aromatic carbocycles. The van der Waals surface area contributed by atoms with Gasteiger partial charge in [0.25, 0.3) is 0 Å². The first-order chi connectivity index (χ1) is 12.8. The summed E-state index contributed by atoms with van der Waals surface area (Å²) in [6.45, 7) is 2.15. The van der Waals surface area contributed by atoms with Crippen molar-refractivity contribution in [2.45, 2.75) is 19.6 Å². The van der Waals surface area contributed by atoms with E-state index in [0.29, 0.717) is 18.8 Å². The number of hydrogen-bond donors (Lipinski definition) is 2. The Morgan fingerprint density at radius 1 is 0.808 bits per heavy atom. The third-order valence-corrected chi connectivity index (χ3v) is 4.57. The summed E-state index contributed by atoms with van der Waals surface area (Å²) in [6.07, 6.45) is 3.89. The van der Waals surface area contributed by atoms with Gasteiger partial charge in [0.2, 0.25) is 0 Å². The lowest BCUT2D eigenvalue weighted by Gasteiger charge is -2.22. The zero-order chi connectivity index (χ0) is 17.8. The van der Waals surface area contributed by atoms with Crippen LogP contribution in [0.4, 0.5) is 0 Å². The van der Waals surface area contributed by atoms with Gasteiger partial charge in [0.1, 0.15) is 5.75 Å². The summed E-state index contributed by atoms with van der Waals surface area (Å²) in [5.74, 6) is 0.331. The Kier molecular flexibility index (Phi) is 4.67. The van der Waals surface area contributed by atoms with Crippen molar-refractivity contribution < 1.29 is 5.11 Å². The molecular weight excluding hydrogens is 322 g/mol. The van der Waals surface area contributed by atoms with Gasteiger partial charge in [0.05, 0.1) is 5.69 Å². The molecule has 0 aliphatic heterocycles. The average molecular weight is 343 g/mol. The van der Waals surface area contributed by atoms with E-state index in [1.807, 2.05) is 48.7 Å². The van der Waals surface area contributed by atoms with Crippen molar-refractivity contribution in [2.75, 3.05) is 0 Å². The molecule has 26 heavy (non-hydrogen) atoms. The number of phenolic OH excluding ortho intramolecular Hbond substituents is 1. The molecule has 2 aromatic heterocycles. The van der Waals surface area contributed by atoms with E-state index in [2.05, 4.69) is 39.3 Å². The number of nitrogens with one attached hydrogen (secondary N) is 1. The second-order valence-electron chi connectivity index (χ2n) is 6.45. The lowest BCUT2D eigenvalue weighted by Crippen LogP contribution is -2.23. The molecule has 4 nitrogen and oxygen atoms in total. The zero-order valence-electron chi connectivity index (χ0n) is 14.5. The number of phenols is 1. The fourth-order valence-corrected chi connectivity index (χ4v) is 3.28. The van der Waals surface area contributed by atoms with Crippen LogP contribution in [0.2, 0.25) is 0 Å². The van der Waals surface area contributed by atoms with Gasteiger partial charge < -0.3 is 10.1 Å². The van der Waals surface area contributed by atoms with Gasteiger partial charge in [-0.3, -0.25) is 9.88 Å². The molecule has 0 aliphatic carbocycles. The maximum atomic E-state index is 10.2. The van der Waals surface area contributed by atoms with E-state index in [-0.39, 0.29) is 0 Å². The SMILES string of the molecule is Oc1ccccc1CN(Cc1ccccn1)Cc1c[nH]c2ccccc12. The molecular formula is C22H21N3O. The van der Waals surface area contributed by atoms with Crippen molar-refractivity contribution in [3.05, 3.63) is 95.9 Å². The number of hydrogen-bond acceptors (Lipinski definition) is 3. The van der Waals surface area contributed by atoms with Crippen LogP contribution in [0.15, 0.2) is 79.1 Å². The largest absolute Gasteiger partial charge is 0.508 e. The van der Waals surface area contributed by atoms with E-state index in [9.17, 15) is 5.11 Å². The first-order valence-electron chi connectivity index (χ1n) is 8.74. The highest BCUT2D eigenvalue weighted by Crippen LogP contribution is 2.23. The number of fused-ring (bicyclic) bond motifs is 1. The van der Waals surface area contributed by atoms with Gasteiger partial charge in [-0.05, 0) is 29.8 Å². The predicted molar refractivity (Wildman–Crippen MR) is 104 cm³/mol. The van der Waals surface area contributed by atoms with Crippen molar-refractivity contribution in [1.29, 1.82) is 0 Å². The number of aromatic nitrogens is 2. The van der Waals surface area contributed by atoms with Gasteiger partial charge in [-0.1, -0.05) is 42.5 Å². The molecule has 0 atom stereocenters. The third-order valence-electron chi connectivity index (χ3n) is 4.57. The summed E-state index contributed by atoms with van der Waals surface area (Å²) in [5, 5.41) is 11.4. The van der Waals surface area contributed by atoms with Gasteiger partial charge in [0, 0.05) is 48.5 Å². The summed E-state index contributed by atoms with van der Waals surface area (Å²) in [7, 11) is 0. The molecule has 130 valence electrons. The fourth-order valence-electron chi connectivity index (χ4n) is 3.28. The number of aromatic amines is 1. The summed E-state index contributed by atoms with van der Waals surface area (Å²) >= 11 is 0. The number of nitrogens with zero attached hydrogens (tertiary/aromatic N) is 2. The van der Waals surface area contributed by atoms with E-state index in [4.69, 9.17) is 0 Å². The molecule has 4 aromatic rings. The van der Waals surface area contributed by atoms with Crippen molar-refractivity contribution in [2.24, 2.45) is 0 Å². The van der Waals surface area contributed by atoms with Crippen LogP contribution in [-0.4, -0.2) is 20.0 Å². The molecule has 0 saturated carbocycles. The molecule has 0 aliphatic rings.